The molecule has 2 aromatic rings. The van der Waals surface area contributed by atoms with Crippen LogP contribution >= 0.6 is 0 Å². The highest BCUT2D eigenvalue weighted by atomic mass is 16.5. The molecule has 29 heavy (non-hydrogen) atoms. The number of carbonyl (C=O) groups is 3. The predicted molar refractivity (Wildman–Crippen MR) is 111 cm³/mol. The molecular weight excluding hydrogens is 368 g/mol. The third-order valence-corrected chi connectivity index (χ3v) is 4.82. The third-order valence-electron chi connectivity index (χ3n) is 4.82. The van der Waals surface area contributed by atoms with Crippen molar-refractivity contribution < 1.29 is 19.1 Å². The number of amides is 3. The van der Waals surface area contributed by atoms with Gasteiger partial charge in [-0.1, -0.05) is 35.9 Å². The Morgan fingerprint density at radius 3 is 2.28 bits per heavy atom. The average molecular weight is 394 g/mol. The summed E-state index contributed by atoms with van der Waals surface area (Å²) >= 11 is 0. The monoisotopic (exact) mass is 394 g/mol. The first-order valence-electron chi connectivity index (χ1n) is 9.62. The van der Waals surface area contributed by atoms with Crippen LogP contribution in [0.3, 0.4) is 0 Å². The molecule has 1 aliphatic rings. The molecule has 0 aliphatic carbocycles. The van der Waals surface area contributed by atoms with Gasteiger partial charge >= 0.3 is 0 Å². The summed E-state index contributed by atoms with van der Waals surface area (Å²) in [4.78, 5) is 41.4. The Morgan fingerprint density at radius 1 is 1.07 bits per heavy atom. The zero-order valence-electron chi connectivity index (χ0n) is 17.2. The number of aryl methyl sites for hydroxylation is 1. The van der Waals surface area contributed by atoms with Crippen molar-refractivity contribution in [1.29, 1.82) is 0 Å². The summed E-state index contributed by atoms with van der Waals surface area (Å²) < 4.78 is 5.59. The molecule has 1 atom stereocenters. The van der Waals surface area contributed by atoms with Crippen molar-refractivity contribution in [3.8, 4) is 5.75 Å². The smallest absolute Gasteiger partial charge is 0.261 e. The predicted octanol–water partition coefficient (Wildman–Crippen LogP) is 3.33. The molecule has 1 saturated heterocycles. The fourth-order valence-corrected chi connectivity index (χ4v) is 3.53. The Hall–Kier alpha value is -3.15. The molecular formula is C23H26N2O4. The van der Waals surface area contributed by atoms with E-state index in [2.05, 4.69) is 0 Å². The van der Waals surface area contributed by atoms with E-state index in [-0.39, 0.29) is 30.7 Å². The maximum absolute atomic E-state index is 13.1. The molecule has 0 spiro atoms. The van der Waals surface area contributed by atoms with Crippen LogP contribution in [0.2, 0.25) is 0 Å². The van der Waals surface area contributed by atoms with Gasteiger partial charge in [-0.3, -0.25) is 14.4 Å². The first kappa shape index (κ1) is 20.6. The number of rotatable bonds is 5. The van der Waals surface area contributed by atoms with Gasteiger partial charge in [-0.05, 0) is 52.0 Å². The number of carbonyl (C=O) groups excluding carboxylic acids is 3. The summed E-state index contributed by atoms with van der Waals surface area (Å²) in [6.07, 6.45) is -0.0406. The van der Waals surface area contributed by atoms with Gasteiger partial charge in [-0.2, -0.15) is 0 Å². The molecule has 0 aromatic heterocycles. The summed E-state index contributed by atoms with van der Waals surface area (Å²) in [6, 6.07) is 15.4. The quantitative estimate of drug-likeness (QED) is 0.730. The van der Waals surface area contributed by atoms with Crippen LogP contribution in [0, 0.1) is 6.92 Å². The van der Waals surface area contributed by atoms with Crippen LogP contribution in [0.5, 0.6) is 5.75 Å². The highest BCUT2D eigenvalue weighted by Gasteiger charge is 2.47. The molecule has 1 aliphatic heterocycles. The van der Waals surface area contributed by atoms with E-state index in [1.54, 1.807) is 24.3 Å². The molecule has 6 nitrogen and oxygen atoms in total. The summed E-state index contributed by atoms with van der Waals surface area (Å²) in [5.41, 5.74) is 0.907. The molecule has 152 valence electrons. The molecule has 0 N–H and O–H groups in total. The molecule has 2 aromatic carbocycles. The van der Waals surface area contributed by atoms with Crippen LogP contribution in [-0.4, -0.2) is 40.8 Å². The number of ether oxygens (including phenoxy) is 1. The van der Waals surface area contributed by atoms with E-state index >= 15 is 0 Å². The second kappa shape index (κ2) is 8.07. The zero-order valence-corrected chi connectivity index (χ0v) is 17.2. The Morgan fingerprint density at radius 2 is 1.69 bits per heavy atom. The van der Waals surface area contributed by atoms with E-state index in [0.717, 1.165) is 5.56 Å². The largest absolute Gasteiger partial charge is 0.484 e. The van der Waals surface area contributed by atoms with Gasteiger partial charge in [0, 0.05) is 5.54 Å². The zero-order chi connectivity index (χ0) is 21.2. The minimum absolute atomic E-state index is 0.0406. The standard InChI is InChI=1S/C23H26N2O4/c1-16-10-12-17(13-11-16)24-20(26)14-19(22(24)28)25(23(2,3)4)21(27)15-29-18-8-6-5-7-9-18/h5-13,19H,14-15H2,1-4H3. The number of benzene rings is 2. The number of hydrogen-bond acceptors (Lipinski definition) is 4. The average Bonchev–Trinajstić information content (AvgIpc) is 2.95. The lowest BCUT2D eigenvalue weighted by Crippen LogP contribution is -2.55. The number of para-hydroxylation sites is 1. The van der Waals surface area contributed by atoms with E-state index in [9.17, 15) is 14.4 Å². The van der Waals surface area contributed by atoms with Gasteiger partial charge in [0.05, 0.1) is 12.1 Å². The Balaban J connectivity index is 1.81. The molecule has 0 radical (unpaired) electrons. The summed E-state index contributed by atoms with van der Waals surface area (Å²) in [7, 11) is 0. The maximum atomic E-state index is 13.1. The molecule has 0 bridgehead atoms. The van der Waals surface area contributed by atoms with Crippen molar-refractivity contribution >= 4 is 23.4 Å². The number of anilines is 1. The van der Waals surface area contributed by atoms with Crippen molar-refractivity contribution in [2.24, 2.45) is 0 Å². The number of hydrogen-bond donors (Lipinski definition) is 0. The Bertz CT molecular complexity index is 901. The summed E-state index contributed by atoms with van der Waals surface area (Å²) in [5.74, 6) is -0.459. The highest BCUT2D eigenvalue weighted by molar-refractivity contribution is 6.23. The molecule has 3 amide bonds. The SMILES string of the molecule is Cc1ccc(N2C(=O)CC(N(C(=O)COc3ccccc3)C(C)(C)C)C2=O)cc1. The van der Waals surface area contributed by atoms with E-state index in [0.29, 0.717) is 11.4 Å². The Kier molecular flexibility index (Phi) is 5.73. The van der Waals surface area contributed by atoms with Crippen molar-refractivity contribution in [2.75, 3.05) is 11.5 Å². The lowest BCUT2D eigenvalue weighted by molar-refractivity contribution is -0.145. The third kappa shape index (κ3) is 4.47. The molecule has 3 rings (SSSR count). The van der Waals surface area contributed by atoms with Gasteiger partial charge in [0.15, 0.2) is 6.61 Å². The van der Waals surface area contributed by atoms with Crippen LogP contribution in [0.1, 0.15) is 32.8 Å². The van der Waals surface area contributed by atoms with Crippen LogP contribution in [0.15, 0.2) is 54.6 Å². The lowest BCUT2D eigenvalue weighted by Gasteiger charge is -2.39. The van der Waals surface area contributed by atoms with E-state index in [1.807, 2.05) is 58.0 Å². The van der Waals surface area contributed by atoms with Crippen LogP contribution in [-0.2, 0) is 14.4 Å². The lowest BCUT2D eigenvalue weighted by atomic mass is 10.0. The molecule has 0 saturated carbocycles. The van der Waals surface area contributed by atoms with Crippen molar-refractivity contribution in [2.45, 2.75) is 45.7 Å². The fourth-order valence-electron chi connectivity index (χ4n) is 3.53. The van der Waals surface area contributed by atoms with Crippen molar-refractivity contribution in [1.82, 2.24) is 4.90 Å². The van der Waals surface area contributed by atoms with Gasteiger partial charge in [-0.15, -0.1) is 0 Å². The van der Waals surface area contributed by atoms with Gasteiger partial charge in [-0.25, -0.2) is 4.90 Å². The summed E-state index contributed by atoms with van der Waals surface area (Å²) in [5, 5.41) is 0. The molecule has 1 fully saturated rings. The van der Waals surface area contributed by atoms with Crippen LogP contribution < -0.4 is 9.64 Å². The van der Waals surface area contributed by atoms with Crippen molar-refractivity contribution in [3.63, 3.8) is 0 Å². The molecule has 6 heteroatoms. The maximum Gasteiger partial charge on any atom is 0.261 e. The topological polar surface area (TPSA) is 66.9 Å². The van der Waals surface area contributed by atoms with Gasteiger partial charge in [0.2, 0.25) is 5.91 Å². The van der Waals surface area contributed by atoms with Gasteiger partial charge < -0.3 is 9.64 Å². The Labute approximate surface area is 171 Å². The van der Waals surface area contributed by atoms with Gasteiger partial charge in [0.1, 0.15) is 11.8 Å². The summed E-state index contributed by atoms with van der Waals surface area (Å²) in [6.45, 7) is 7.27. The van der Waals surface area contributed by atoms with Crippen molar-refractivity contribution in [3.05, 3.63) is 60.2 Å². The fraction of sp³-hybridized carbons (Fsp3) is 0.348. The minimum atomic E-state index is -0.851. The molecule has 1 unspecified atom stereocenters. The second-order valence-corrected chi connectivity index (χ2v) is 8.16. The normalized spacial score (nSPS) is 16.8. The second-order valence-electron chi connectivity index (χ2n) is 8.16. The highest BCUT2D eigenvalue weighted by Crippen LogP contribution is 2.30. The van der Waals surface area contributed by atoms with E-state index in [1.165, 1.54) is 9.80 Å². The first-order chi connectivity index (χ1) is 13.7. The molecule has 1 heterocycles. The van der Waals surface area contributed by atoms with Gasteiger partial charge in [0.25, 0.3) is 11.8 Å². The number of nitrogens with zero attached hydrogens (tertiary/aromatic N) is 2. The van der Waals surface area contributed by atoms with E-state index in [4.69, 9.17) is 4.74 Å². The van der Waals surface area contributed by atoms with Crippen LogP contribution in [0.25, 0.3) is 0 Å². The number of imide groups is 1. The first-order valence-corrected chi connectivity index (χ1v) is 9.62. The minimum Gasteiger partial charge on any atom is -0.484 e. The van der Waals surface area contributed by atoms with Crippen LogP contribution in [0.4, 0.5) is 5.69 Å². The van der Waals surface area contributed by atoms with E-state index < -0.39 is 11.6 Å².